The van der Waals surface area contributed by atoms with Gasteiger partial charge in [0.25, 0.3) is 0 Å². The second-order valence-corrected chi connectivity index (χ2v) is 7.38. The number of nitrogens with zero attached hydrogens (tertiary/aromatic N) is 2. The maximum atomic E-state index is 5.59. The van der Waals surface area contributed by atoms with E-state index < -0.39 is 0 Å². The molecule has 2 aromatic rings. The zero-order chi connectivity index (χ0) is 21.6. The fourth-order valence-corrected chi connectivity index (χ4v) is 3.00. The lowest BCUT2D eigenvalue weighted by Gasteiger charge is -2.25. The smallest absolute Gasteiger partial charge is 0.191 e. The molecule has 0 saturated heterocycles. The van der Waals surface area contributed by atoms with E-state index in [1.54, 1.807) is 14.2 Å². The molecule has 1 atom stereocenters. The highest BCUT2D eigenvalue weighted by Gasteiger charge is 2.10. The predicted octanol–water partition coefficient (Wildman–Crippen LogP) is 3.91. The first kappa shape index (κ1) is 27.2. The van der Waals surface area contributed by atoms with E-state index in [9.17, 15) is 0 Å². The van der Waals surface area contributed by atoms with Crippen LogP contribution in [0.2, 0.25) is 0 Å². The fraction of sp³-hybridized carbons (Fsp3) is 0.458. The second-order valence-electron chi connectivity index (χ2n) is 7.38. The van der Waals surface area contributed by atoms with E-state index >= 15 is 0 Å². The van der Waals surface area contributed by atoms with Crippen molar-refractivity contribution < 1.29 is 9.47 Å². The Morgan fingerprint density at radius 1 is 1.00 bits per heavy atom. The highest BCUT2D eigenvalue weighted by atomic mass is 127. The SMILES string of the molecule is CN=C(NCCC(C)N(C)Cc1ccccc1)NCc1ccc(OCCOC)cc1.I. The molecule has 0 heterocycles. The Kier molecular flexibility index (Phi) is 13.9. The van der Waals surface area contributed by atoms with Crippen molar-refractivity contribution >= 4 is 29.9 Å². The number of nitrogens with one attached hydrogen (secondary N) is 2. The van der Waals surface area contributed by atoms with Gasteiger partial charge in [-0.25, -0.2) is 0 Å². The summed E-state index contributed by atoms with van der Waals surface area (Å²) in [5.41, 5.74) is 2.51. The molecule has 2 aromatic carbocycles. The molecule has 0 aliphatic rings. The van der Waals surface area contributed by atoms with E-state index in [4.69, 9.17) is 9.47 Å². The van der Waals surface area contributed by atoms with Gasteiger partial charge in [0.05, 0.1) is 6.61 Å². The van der Waals surface area contributed by atoms with Crippen LogP contribution in [-0.2, 0) is 17.8 Å². The number of benzene rings is 2. The summed E-state index contributed by atoms with van der Waals surface area (Å²) in [7, 11) is 5.64. The van der Waals surface area contributed by atoms with Gasteiger partial charge in [-0.2, -0.15) is 0 Å². The monoisotopic (exact) mass is 540 g/mol. The van der Waals surface area contributed by atoms with Gasteiger partial charge in [-0.15, -0.1) is 24.0 Å². The first-order chi connectivity index (χ1) is 14.6. The van der Waals surface area contributed by atoms with Crippen LogP contribution in [0.4, 0.5) is 0 Å². The Labute approximate surface area is 204 Å². The van der Waals surface area contributed by atoms with Gasteiger partial charge < -0.3 is 20.1 Å². The molecule has 31 heavy (non-hydrogen) atoms. The number of methoxy groups -OCH3 is 1. The van der Waals surface area contributed by atoms with Crippen LogP contribution in [0.25, 0.3) is 0 Å². The van der Waals surface area contributed by atoms with Crippen molar-refractivity contribution in [2.45, 2.75) is 32.5 Å². The quantitative estimate of drug-likeness (QED) is 0.185. The van der Waals surface area contributed by atoms with Crippen LogP contribution in [0.1, 0.15) is 24.5 Å². The number of halogens is 1. The van der Waals surface area contributed by atoms with Crippen molar-refractivity contribution in [1.29, 1.82) is 0 Å². The minimum absolute atomic E-state index is 0. The number of hydrogen-bond acceptors (Lipinski definition) is 4. The predicted molar refractivity (Wildman–Crippen MR) is 139 cm³/mol. The Bertz CT molecular complexity index is 741. The van der Waals surface area contributed by atoms with Crippen LogP contribution in [0.3, 0.4) is 0 Å². The summed E-state index contributed by atoms with van der Waals surface area (Å²) in [5.74, 6) is 1.67. The molecule has 0 saturated carbocycles. The lowest BCUT2D eigenvalue weighted by Crippen LogP contribution is -2.39. The molecule has 0 radical (unpaired) electrons. The molecule has 0 fully saturated rings. The summed E-state index contributed by atoms with van der Waals surface area (Å²) in [4.78, 5) is 6.70. The number of ether oxygens (including phenoxy) is 2. The molecule has 2 rings (SSSR count). The largest absolute Gasteiger partial charge is 0.491 e. The maximum absolute atomic E-state index is 5.59. The third kappa shape index (κ3) is 10.8. The van der Waals surface area contributed by atoms with Crippen LogP contribution in [0.5, 0.6) is 5.75 Å². The minimum Gasteiger partial charge on any atom is -0.491 e. The zero-order valence-corrected chi connectivity index (χ0v) is 21.5. The maximum Gasteiger partial charge on any atom is 0.191 e. The summed E-state index contributed by atoms with van der Waals surface area (Å²) >= 11 is 0. The second kappa shape index (κ2) is 15.9. The number of guanidine groups is 1. The molecule has 0 aliphatic carbocycles. The summed E-state index contributed by atoms with van der Waals surface area (Å²) in [5, 5.41) is 6.77. The number of hydrogen-bond donors (Lipinski definition) is 2. The highest BCUT2D eigenvalue weighted by Crippen LogP contribution is 2.12. The van der Waals surface area contributed by atoms with Crippen LogP contribution in [0, 0.1) is 0 Å². The molecule has 0 aliphatic heterocycles. The summed E-state index contributed by atoms with van der Waals surface area (Å²) in [6.45, 7) is 5.94. The van der Waals surface area contributed by atoms with E-state index in [2.05, 4.69) is 77.0 Å². The van der Waals surface area contributed by atoms with E-state index in [1.807, 2.05) is 12.1 Å². The number of aliphatic imine (C=N–C) groups is 1. The number of rotatable bonds is 12. The minimum atomic E-state index is 0. The molecular weight excluding hydrogens is 503 g/mol. The zero-order valence-electron chi connectivity index (χ0n) is 19.1. The Balaban J connectivity index is 0.00000480. The topological polar surface area (TPSA) is 58.1 Å². The molecule has 0 spiro atoms. The van der Waals surface area contributed by atoms with Crippen molar-refractivity contribution in [3.8, 4) is 5.75 Å². The van der Waals surface area contributed by atoms with Crippen molar-refractivity contribution in [2.75, 3.05) is 41.0 Å². The van der Waals surface area contributed by atoms with Gasteiger partial charge in [0.2, 0.25) is 0 Å². The van der Waals surface area contributed by atoms with Crippen LogP contribution in [0.15, 0.2) is 59.6 Å². The van der Waals surface area contributed by atoms with Crippen LogP contribution >= 0.6 is 24.0 Å². The van der Waals surface area contributed by atoms with Crippen LogP contribution in [-0.4, -0.2) is 57.9 Å². The van der Waals surface area contributed by atoms with Gasteiger partial charge in [-0.3, -0.25) is 9.89 Å². The molecule has 0 aromatic heterocycles. The average molecular weight is 540 g/mol. The van der Waals surface area contributed by atoms with Crippen molar-refractivity contribution in [3.05, 3.63) is 65.7 Å². The lowest BCUT2D eigenvalue weighted by atomic mass is 10.1. The molecule has 2 N–H and O–H groups in total. The van der Waals surface area contributed by atoms with Gasteiger partial charge in [-0.05, 0) is 43.7 Å². The highest BCUT2D eigenvalue weighted by molar-refractivity contribution is 14.0. The molecular formula is C24H37IN4O2. The van der Waals surface area contributed by atoms with E-state index in [0.29, 0.717) is 25.8 Å². The van der Waals surface area contributed by atoms with E-state index in [-0.39, 0.29) is 24.0 Å². The summed E-state index contributed by atoms with van der Waals surface area (Å²) < 4.78 is 10.6. The van der Waals surface area contributed by atoms with Gasteiger partial charge in [0, 0.05) is 39.8 Å². The molecule has 0 amide bonds. The third-order valence-electron chi connectivity index (χ3n) is 5.04. The standard InChI is InChI=1S/C24H36N4O2.HI/c1-20(28(3)19-22-8-6-5-7-9-22)14-15-26-24(25-2)27-18-21-10-12-23(13-11-21)30-17-16-29-4;/h5-13,20H,14-19H2,1-4H3,(H2,25,26,27);1H. The van der Waals surface area contributed by atoms with Gasteiger partial charge in [-0.1, -0.05) is 42.5 Å². The van der Waals surface area contributed by atoms with Gasteiger partial charge in [0.1, 0.15) is 12.4 Å². The van der Waals surface area contributed by atoms with Crippen molar-refractivity contribution in [3.63, 3.8) is 0 Å². The van der Waals surface area contributed by atoms with Gasteiger partial charge >= 0.3 is 0 Å². The molecule has 1 unspecified atom stereocenters. The Morgan fingerprint density at radius 3 is 2.35 bits per heavy atom. The lowest BCUT2D eigenvalue weighted by molar-refractivity contribution is 0.146. The van der Waals surface area contributed by atoms with E-state index in [1.165, 1.54) is 11.1 Å². The van der Waals surface area contributed by atoms with Crippen molar-refractivity contribution in [2.24, 2.45) is 4.99 Å². The first-order valence-corrected chi connectivity index (χ1v) is 10.5. The normalized spacial score (nSPS) is 12.2. The summed E-state index contributed by atoms with van der Waals surface area (Å²) in [6, 6.07) is 19.1. The first-order valence-electron chi connectivity index (χ1n) is 10.5. The Morgan fingerprint density at radius 2 is 1.71 bits per heavy atom. The molecule has 6 nitrogen and oxygen atoms in total. The average Bonchev–Trinajstić information content (AvgIpc) is 2.77. The molecule has 7 heteroatoms. The molecule has 172 valence electrons. The molecule has 0 bridgehead atoms. The Hall–Kier alpha value is -1.84. The van der Waals surface area contributed by atoms with Crippen molar-refractivity contribution in [1.82, 2.24) is 15.5 Å². The van der Waals surface area contributed by atoms with Gasteiger partial charge in [0.15, 0.2) is 5.96 Å². The summed E-state index contributed by atoms with van der Waals surface area (Å²) in [6.07, 6.45) is 1.04. The fourth-order valence-electron chi connectivity index (χ4n) is 3.00. The third-order valence-corrected chi connectivity index (χ3v) is 5.04. The van der Waals surface area contributed by atoms with Crippen LogP contribution < -0.4 is 15.4 Å². The van der Waals surface area contributed by atoms with E-state index in [0.717, 1.165) is 31.2 Å².